The first-order chi connectivity index (χ1) is 9.67. The van der Waals surface area contributed by atoms with E-state index in [1.54, 1.807) is 0 Å². The summed E-state index contributed by atoms with van der Waals surface area (Å²) in [5.74, 6) is 0. The molecule has 4 nitrogen and oxygen atoms in total. The smallest absolute Gasteiger partial charge is 0.0666 e. The van der Waals surface area contributed by atoms with Crippen LogP contribution in [0.3, 0.4) is 0 Å². The normalized spacial score (nSPS) is 30.6. The average Bonchev–Trinajstić information content (AvgIpc) is 2.77. The minimum Gasteiger partial charge on any atom is -0.310 e. The summed E-state index contributed by atoms with van der Waals surface area (Å²) in [5, 5.41) is 8.33. The molecular formula is C16H28N4. The van der Waals surface area contributed by atoms with Gasteiger partial charge in [0.1, 0.15) is 0 Å². The molecule has 0 saturated carbocycles. The highest BCUT2D eigenvalue weighted by Gasteiger charge is 2.35. The SMILES string of the molecule is CCc1nn(C)cc1CNC1CC2CCCC(C1)N2C. The lowest BCUT2D eigenvalue weighted by Gasteiger charge is -2.47. The molecule has 2 aliphatic heterocycles. The zero-order valence-corrected chi connectivity index (χ0v) is 13.1. The van der Waals surface area contributed by atoms with Crippen molar-refractivity contribution >= 4 is 0 Å². The molecule has 0 spiro atoms. The number of nitrogens with one attached hydrogen (secondary N) is 1. The maximum atomic E-state index is 4.53. The lowest BCUT2D eigenvalue weighted by Crippen LogP contribution is -2.54. The quantitative estimate of drug-likeness (QED) is 0.914. The Hall–Kier alpha value is -0.870. The first kappa shape index (κ1) is 14.1. The molecule has 112 valence electrons. The van der Waals surface area contributed by atoms with Crippen LogP contribution in [-0.4, -0.2) is 39.9 Å². The van der Waals surface area contributed by atoms with Gasteiger partial charge in [-0.25, -0.2) is 0 Å². The molecule has 3 heterocycles. The summed E-state index contributed by atoms with van der Waals surface area (Å²) in [7, 11) is 4.34. The van der Waals surface area contributed by atoms with E-state index in [4.69, 9.17) is 0 Å². The van der Waals surface area contributed by atoms with Crippen molar-refractivity contribution in [1.82, 2.24) is 20.0 Å². The summed E-state index contributed by atoms with van der Waals surface area (Å²) in [6.45, 7) is 3.16. The highest BCUT2D eigenvalue weighted by atomic mass is 15.3. The van der Waals surface area contributed by atoms with Crippen LogP contribution in [0, 0.1) is 0 Å². The van der Waals surface area contributed by atoms with Crippen LogP contribution in [0.25, 0.3) is 0 Å². The Labute approximate surface area is 122 Å². The predicted octanol–water partition coefficient (Wildman–Crippen LogP) is 2.09. The van der Waals surface area contributed by atoms with Crippen molar-refractivity contribution in [2.45, 2.75) is 70.1 Å². The molecule has 2 atom stereocenters. The molecular weight excluding hydrogens is 248 g/mol. The molecule has 2 bridgehead atoms. The summed E-state index contributed by atoms with van der Waals surface area (Å²) >= 11 is 0. The van der Waals surface area contributed by atoms with Gasteiger partial charge in [0.15, 0.2) is 0 Å². The first-order valence-electron chi connectivity index (χ1n) is 8.14. The van der Waals surface area contributed by atoms with Gasteiger partial charge in [0.05, 0.1) is 5.69 Å². The van der Waals surface area contributed by atoms with E-state index in [1.165, 1.54) is 43.4 Å². The summed E-state index contributed by atoms with van der Waals surface area (Å²) in [5.41, 5.74) is 2.62. The van der Waals surface area contributed by atoms with E-state index < -0.39 is 0 Å². The summed E-state index contributed by atoms with van der Waals surface area (Å²) in [6, 6.07) is 2.30. The third kappa shape index (κ3) is 2.77. The molecule has 2 saturated heterocycles. The van der Waals surface area contributed by atoms with E-state index in [0.29, 0.717) is 6.04 Å². The molecule has 2 unspecified atom stereocenters. The van der Waals surface area contributed by atoms with E-state index in [-0.39, 0.29) is 0 Å². The Bertz CT molecular complexity index is 439. The minimum absolute atomic E-state index is 0.686. The minimum atomic E-state index is 0.686. The second-order valence-corrected chi connectivity index (χ2v) is 6.58. The Morgan fingerprint density at radius 3 is 2.60 bits per heavy atom. The molecule has 1 N–H and O–H groups in total. The lowest BCUT2D eigenvalue weighted by atomic mass is 9.82. The number of aromatic nitrogens is 2. The van der Waals surface area contributed by atoms with Gasteiger partial charge in [-0.15, -0.1) is 0 Å². The lowest BCUT2D eigenvalue weighted by molar-refractivity contribution is 0.0482. The monoisotopic (exact) mass is 276 g/mol. The molecule has 0 radical (unpaired) electrons. The van der Waals surface area contributed by atoms with Crippen molar-refractivity contribution in [2.24, 2.45) is 7.05 Å². The van der Waals surface area contributed by atoms with Crippen LogP contribution in [0.5, 0.6) is 0 Å². The van der Waals surface area contributed by atoms with E-state index in [2.05, 4.69) is 35.5 Å². The van der Waals surface area contributed by atoms with Crippen molar-refractivity contribution in [1.29, 1.82) is 0 Å². The van der Waals surface area contributed by atoms with Crippen molar-refractivity contribution in [3.8, 4) is 0 Å². The number of rotatable bonds is 4. The summed E-state index contributed by atoms with van der Waals surface area (Å²) in [6.07, 6.45) is 10.0. The zero-order valence-electron chi connectivity index (χ0n) is 13.1. The molecule has 4 heteroatoms. The Kier molecular flexibility index (Phi) is 4.13. The molecule has 0 aliphatic carbocycles. The van der Waals surface area contributed by atoms with Crippen LogP contribution >= 0.6 is 0 Å². The van der Waals surface area contributed by atoms with E-state index in [0.717, 1.165) is 25.0 Å². The second kappa shape index (κ2) is 5.86. The summed E-state index contributed by atoms with van der Waals surface area (Å²) in [4.78, 5) is 2.63. The van der Waals surface area contributed by atoms with Gasteiger partial charge in [0, 0.05) is 43.5 Å². The Morgan fingerprint density at radius 1 is 1.25 bits per heavy atom. The van der Waals surface area contributed by atoms with E-state index >= 15 is 0 Å². The molecule has 2 fully saturated rings. The third-order valence-electron chi connectivity index (χ3n) is 5.25. The maximum Gasteiger partial charge on any atom is 0.0666 e. The van der Waals surface area contributed by atoms with Gasteiger partial charge < -0.3 is 10.2 Å². The van der Waals surface area contributed by atoms with Crippen LogP contribution in [0.2, 0.25) is 0 Å². The van der Waals surface area contributed by atoms with Gasteiger partial charge in [0.25, 0.3) is 0 Å². The van der Waals surface area contributed by atoms with Gasteiger partial charge in [-0.2, -0.15) is 5.10 Å². The van der Waals surface area contributed by atoms with Crippen LogP contribution in [0.4, 0.5) is 0 Å². The topological polar surface area (TPSA) is 33.1 Å². The highest BCUT2D eigenvalue weighted by molar-refractivity contribution is 5.17. The van der Waals surface area contributed by atoms with Gasteiger partial charge in [0.2, 0.25) is 0 Å². The van der Waals surface area contributed by atoms with E-state index in [9.17, 15) is 0 Å². The summed E-state index contributed by atoms with van der Waals surface area (Å²) < 4.78 is 1.94. The molecule has 1 aromatic rings. The van der Waals surface area contributed by atoms with Gasteiger partial charge >= 0.3 is 0 Å². The van der Waals surface area contributed by atoms with Crippen LogP contribution in [0.15, 0.2) is 6.20 Å². The molecule has 2 aliphatic rings. The number of aryl methyl sites for hydroxylation is 2. The Balaban J connectivity index is 1.59. The fourth-order valence-corrected chi connectivity index (χ4v) is 4.07. The second-order valence-electron chi connectivity index (χ2n) is 6.58. The Morgan fingerprint density at radius 2 is 1.95 bits per heavy atom. The third-order valence-corrected chi connectivity index (χ3v) is 5.25. The van der Waals surface area contributed by atoms with Crippen LogP contribution in [-0.2, 0) is 20.0 Å². The zero-order chi connectivity index (χ0) is 14.1. The molecule has 1 aromatic heterocycles. The van der Waals surface area contributed by atoms with Crippen LogP contribution < -0.4 is 5.32 Å². The number of hydrogen-bond acceptors (Lipinski definition) is 3. The van der Waals surface area contributed by atoms with Gasteiger partial charge in [-0.05, 0) is 39.2 Å². The number of hydrogen-bond donors (Lipinski definition) is 1. The molecule has 3 rings (SSSR count). The average molecular weight is 276 g/mol. The van der Waals surface area contributed by atoms with Crippen LogP contribution in [0.1, 0.15) is 50.3 Å². The van der Waals surface area contributed by atoms with E-state index in [1.807, 2.05) is 11.7 Å². The van der Waals surface area contributed by atoms with Gasteiger partial charge in [-0.1, -0.05) is 13.3 Å². The molecule has 0 amide bonds. The number of fused-ring (bicyclic) bond motifs is 2. The van der Waals surface area contributed by atoms with Crippen molar-refractivity contribution in [3.63, 3.8) is 0 Å². The number of nitrogens with zero attached hydrogens (tertiary/aromatic N) is 3. The van der Waals surface area contributed by atoms with Crippen molar-refractivity contribution in [3.05, 3.63) is 17.5 Å². The first-order valence-corrected chi connectivity index (χ1v) is 8.14. The largest absolute Gasteiger partial charge is 0.310 e. The standard InChI is InChI=1S/C16H28N4/c1-4-16-12(11-19(2)18-16)10-17-13-8-14-6-5-7-15(9-13)20(14)3/h11,13-15,17H,4-10H2,1-3H3. The maximum absolute atomic E-state index is 4.53. The number of piperidine rings is 2. The van der Waals surface area contributed by atoms with Crippen molar-refractivity contribution < 1.29 is 0 Å². The van der Waals surface area contributed by atoms with Gasteiger partial charge in [-0.3, -0.25) is 4.68 Å². The molecule has 0 aromatic carbocycles. The van der Waals surface area contributed by atoms with Crippen molar-refractivity contribution in [2.75, 3.05) is 7.05 Å². The highest BCUT2D eigenvalue weighted by Crippen LogP contribution is 2.32. The molecule has 20 heavy (non-hydrogen) atoms. The predicted molar refractivity (Wildman–Crippen MR) is 81.6 cm³/mol. The fraction of sp³-hybridized carbons (Fsp3) is 0.812. The fourth-order valence-electron chi connectivity index (χ4n) is 4.07.